The van der Waals surface area contributed by atoms with Gasteiger partial charge < -0.3 is 25.4 Å². The van der Waals surface area contributed by atoms with E-state index < -0.39 is 0 Å². The maximum Gasteiger partial charge on any atom is 0.193 e. The number of anilines is 1. The van der Waals surface area contributed by atoms with E-state index in [4.69, 9.17) is 15.2 Å². The Morgan fingerprint density at radius 2 is 1.92 bits per heavy atom. The van der Waals surface area contributed by atoms with Gasteiger partial charge in [0.2, 0.25) is 0 Å². The van der Waals surface area contributed by atoms with Crippen molar-refractivity contribution in [1.82, 2.24) is 4.90 Å². The smallest absolute Gasteiger partial charge is 0.193 e. The van der Waals surface area contributed by atoms with Crippen molar-refractivity contribution in [2.24, 2.45) is 22.6 Å². The van der Waals surface area contributed by atoms with Crippen molar-refractivity contribution >= 4 is 35.6 Å². The summed E-state index contributed by atoms with van der Waals surface area (Å²) in [4.78, 5) is 6.98. The summed E-state index contributed by atoms with van der Waals surface area (Å²) in [6.07, 6.45) is 2.35. The van der Waals surface area contributed by atoms with Gasteiger partial charge in [0.05, 0.1) is 19.9 Å². The summed E-state index contributed by atoms with van der Waals surface area (Å²) in [7, 11) is 3.26. The second kappa shape index (κ2) is 11.5. The number of rotatable bonds is 7. The number of guanidine groups is 1. The first kappa shape index (κ1) is 22.8. The van der Waals surface area contributed by atoms with Crippen LogP contribution in [0.25, 0.3) is 0 Å². The van der Waals surface area contributed by atoms with Crippen LogP contribution >= 0.6 is 24.0 Å². The lowest BCUT2D eigenvalue weighted by Gasteiger charge is -2.34. The third-order valence-electron chi connectivity index (χ3n) is 4.53. The molecule has 1 aliphatic rings. The fourth-order valence-corrected chi connectivity index (χ4v) is 3.56. The second-order valence-corrected chi connectivity index (χ2v) is 7.02. The molecule has 6 nitrogen and oxygen atoms in total. The van der Waals surface area contributed by atoms with Gasteiger partial charge in [-0.25, -0.2) is 0 Å². The van der Waals surface area contributed by atoms with E-state index in [1.165, 1.54) is 19.5 Å². The van der Waals surface area contributed by atoms with Gasteiger partial charge in [0, 0.05) is 25.7 Å². The quantitative estimate of drug-likeness (QED) is 0.273. The highest BCUT2D eigenvalue weighted by Crippen LogP contribution is 2.28. The molecule has 7 heteroatoms. The van der Waals surface area contributed by atoms with E-state index in [0.29, 0.717) is 18.3 Å². The predicted molar refractivity (Wildman–Crippen MR) is 119 cm³/mol. The topological polar surface area (TPSA) is 72.1 Å². The number of aliphatic imine (C=N–C) groups is 1. The lowest BCUT2D eigenvalue weighted by atomic mass is 9.92. The van der Waals surface area contributed by atoms with E-state index in [1.54, 1.807) is 14.2 Å². The highest BCUT2D eigenvalue weighted by Gasteiger charge is 2.20. The van der Waals surface area contributed by atoms with E-state index in [0.717, 1.165) is 36.2 Å². The van der Waals surface area contributed by atoms with E-state index in [-0.39, 0.29) is 24.0 Å². The number of hydrogen-bond acceptors (Lipinski definition) is 4. The molecule has 26 heavy (non-hydrogen) atoms. The highest BCUT2D eigenvalue weighted by molar-refractivity contribution is 14.0. The Kier molecular flexibility index (Phi) is 10.1. The number of nitrogens with two attached hydrogens (primary N) is 1. The van der Waals surface area contributed by atoms with E-state index >= 15 is 0 Å². The number of nitrogens with one attached hydrogen (secondary N) is 1. The molecule has 0 saturated carbocycles. The number of hydrogen-bond donors (Lipinski definition) is 2. The van der Waals surface area contributed by atoms with Crippen LogP contribution in [0.3, 0.4) is 0 Å². The minimum Gasteiger partial charge on any atom is -0.497 e. The molecule has 2 unspecified atom stereocenters. The zero-order valence-electron chi connectivity index (χ0n) is 16.3. The Bertz CT molecular complexity index is 573. The van der Waals surface area contributed by atoms with Crippen molar-refractivity contribution in [3.8, 4) is 11.5 Å². The van der Waals surface area contributed by atoms with Gasteiger partial charge >= 0.3 is 0 Å². The summed E-state index contributed by atoms with van der Waals surface area (Å²) in [5.41, 5.74) is 6.76. The standard InChI is InChI=1S/C19H32N4O2.HI/c1-14-10-15(2)13-23(12-14)9-5-8-21-19(20)22-17-11-16(24-3)6-7-18(17)25-4;/h6-7,11,14-15H,5,8-10,12-13H2,1-4H3,(H3,20,21,22);1H. The number of halogens is 1. The Morgan fingerprint density at radius 3 is 2.54 bits per heavy atom. The molecular weight excluding hydrogens is 443 g/mol. The van der Waals surface area contributed by atoms with Crippen molar-refractivity contribution in [3.63, 3.8) is 0 Å². The van der Waals surface area contributed by atoms with E-state index in [9.17, 15) is 0 Å². The molecule has 1 aliphatic heterocycles. The molecule has 0 aliphatic carbocycles. The summed E-state index contributed by atoms with van der Waals surface area (Å²) in [6, 6.07) is 5.53. The third-order valence-corrected chi connectivity index (χ3v) is 4.53. The van der Waals surface area contributed by atoms with Gasteiger partial charge in [-0.15, -0.1) is 24.0 Å². The molecule has 3 N–H and O–H groups in total. The molecule has 0 aromatic heterocycles. The maximum absolute atomic E-state index is 6.01. The van der Waals surface area contributed by atoms with Crippen molar-refractivity contribution in [2.75, 3.05) is 45.7 Å². The lowest BCUT2D eigenvalue weighted by molar-refractivity contribution is 0.140. The summed E-state index contributed by atoms with van der Waals surface area (Å²) >= 11 is 0. The third kappa shape index (κ3) is 7.19. The Balaban J connectivity index is 0.00000338. The fraction of sp³-hybridized carbons (Fsp3) is 0.632. The molecule has 1 saturated heterocycles. The second-order valence-electron chi connectivity index (χ2n) is 7.02. The van der Waals surface area contributed by atoms with Crippen LogP contribution in [-0.4, -0.2) is 51.3 Å². The van der Waals surface area contributed by atoms with Gasteiger partial charge in [0.1, 0.15) is 11.5 Å². The number of benzene rings is 1. The first-order valence-corrected chi connectivity index (χ1v) is 9.03. The molecule has 0 amide bonds. The van der Waals surface area contributed by atoms with Gasteiger partial charge in [-0.1, -0.05) is 13.8 Å². The van der Waals surface area contributed by atoms with Crippen LogP contribution in [-0.2, 0) is 0 Å². The van der Waals surface area contributed by atoms with Crippen LogP contribution in [0.15, 0.2) is 23.2 Å². The molecule has 148 valence electrons. The van der Waals surface area contributed by atoms with Crippen LogP contribution in [0, 0.1) is 11.8 Å². The zero-order valence-corrected chi connectivity index (χ0v) is 18.7. The summed E-state index contributed by atoms with van der Waals surface area (Å²) < 4.78 is 10.6. The van der Waals surface area contributed by atoms with Crippen LogP contribution in [0.1, 0.15) is 26.7 Å². The number of piperidine rings is 1. The number of ether oxygens (including phenoxy) is 2. The largest absolute Gasteiger partial charge is 0.497 e. The lowest BCUT2D eigenvalue weighted by Crippen LogP contribution is -2.39. The van der Waals surface area contributed by atoms with Gasteiger partial charge in [0.25, 0.3) is 0 Å². The molecule has 0 spiro atoms. The molecule has 1 fully saturated rings. The van der Waals surface area contributed by atoms with Crippen molar-refractivity contribution in [2.45, 2.75) is 26.7 Å². The van der Waals surface area contributed by atoms with Gasteiger partial charge in [-0.05, 0) is 43.4 Å². The van der Waals surface area contributed by atoms with E-state index in [1.807, 2.05) is 18.2 Å². The number of methoxy groups -OCH3 is 2. The van der Waals surface area contributed by atoms with Crippen molar-refractivity contribution in [3.05, 3.63) is 18.2 Å². The normalized spacial score (nSPS) is 21.0. The number of likely N-dealkylation sites (tertiary alicyclic amines) is 1. The monoisotopic (exact) mass is 476 g/mol. The number of nitrogens with zero attached hydrogens (tertiary/aromatic N) is 2. The Labute approximate surface area is 174 Å². The van der Waals surface area contributed by atoms with Crippen LogP contribution in [0.5, 0.6) is 11.5 Å². The van der Waals surface area contributed by atoms with Gasteiger partial charge in [-0.2, -0.15) is 0 Å². The summed E-state index contributed by atoms with van der Waals surface area (Å²) in [6.45, 7) is 8.86. The average molecular weight is 476 g/mol. The molecule has 1 heterocycles. The highest BCUT2D eigenvalue weighted by atomic mass is 127. The average Bonchev–Trinajstić information content (AvgIpc) is 2.58. The molecule has 0 radical (unpaired) electrons. The van der Waals surface area contributed by atoms with Crippen LogP contribution in [0.2, 0.25) is 0 Å². The Morgan fingerprint density at radius 1 is 1.23 bits per heavy atom. The molecule has 1 aromatic carbocycles. The molecule has 2 atom stereocenters. The predicted octanol–water partition coefficient (Wildman–Crippen LogP) is 3.42. The minimum atomic E-state index is 0. The fourth-order valence-electron chi connectivity index (χ4n) is 3.56. The van der Waals surface area contributed by atoms with Crippen molar-refractivity contribution in [1.29, 1.82) is 0 Å². The first-order chi connectivity index (χ1) is 12.0. The van der Waals surface area contributed by atoms with Crippen molar-refractivity contribution < 1.29 is 9.47 Å². The molecule has 0 bridgehead atoms. The summed E-state index contributed by atoms with van der Waals surface area (Å²) in [5.74, 6) is 3.42. The zero-order chi connectivity index (χ0) is 18.2. The van der Waals surface area contributed by atoms with Gasteiger partial charge in [0.15, 0.2) is 5.96 Å². The minimum absolute atomic E-state index is 0. The van der Waals surface area contributed by atoms with Crippen LogP contribution < -0.4 is 20.5 Å². The summed E-state index contributed by atoms with van der Waals surface area (Å²) in [5, 5.41) is 3.10. The molecule has 2 rings (SSSR count). The SMILES string of the molecule is COc1ccc(OC)c(NC(N)=NCCCN2CC(C)CC(C)C2)c1.I. The van der Waals surface area contributed by atoms with Crippen LogP contribution in [0.4, 0.5) is 5.69 Å². The van der Waals surface area contributed by atoms with E-state index in [2.05, 4.69) is 29.1 Å². The first-order valence-electron chi connectivity index (χ1n) is 9.03. The molecule has 1 aromatic rings. The van der Waals surface area contributed by atoms with Gasteiger partial charge in [-0.3, -0.25) is 4.99 Å². The maximum atomic E-state index is 6.01. The Hall–Kier alpha value is -1.22. The molecular formula is C19H33IN4O2.